The number of anilines is 3. The van der Waals surface area contributed by atoms with Crippen LogP contribution in [-0.2, 0) is 4.79 Å². The van der Waals surface area contributed by atoms with E-state index in [0.717, 1.165) is 17.1 Å². The summed E-state index contributed by atoms with van der Waals surface area (Å²) in [6, 6.07) is 11.3. The number of nitrogens with one attached hydrogen (secondary N) is 2. The lowest BCUT2D eigenvalue weighted by Crippen LogP contribution is -2.10. The van der Waals surface area contributed by atoms with Gasteiger partial charge in [-0.1, -0.05) is 6.92 Å². The Kier molecular flexibility index (Phi) is 5.15. The summed E-state index contributed by atoms with van der Waals surface area (Å²) in [4.78, 5) is 15.5. The monoisotopic (exact) mass is 285 g/mol. The third-order valence-electron chi connectivity index (χ3n) is 2.81. The molecule has 1 amide bonds. The number of nitrogens with zero attached hydrogens (tertiary/aromatic N) is 1. The number of amides is 1. The first-order chi connectivity index (χ1) is 10.2. The van der Waals surface area contributed by atoms with E-state index >= 15 is 0 Å². The van der Waals surface area contributed by atoms with Crippen LogP contribution in [0, 0.1) is 0 Å². The first-order valence-corrected chi connectivity index (χ1v) is 6.97. The van der Waals surface area contributed by atoms with Gasteiger partial charge in [0, 0.05) is 12.1 Å². The van der Waals surface area contributed by atoms with Crippen LogP contribution in [-0.4, -0.2) is 17.5 Å². The van der Waals surface area contributed by atoms with Crippen molar-refractivity contribution in [2.45, 2.75) is 20.3 Å². The Hall–Kier alpha value is -2.56. The lowest BCUT2D eigenvalue weighted by molar-refractivity contribution is -0.115. The van der Waals surface area contributed by atoms with Gasteiger partial charge in [-0.25, -0.2) is 4.98 Å². The Balaban J connectivity index is 1.97. The highest BCUT2D eigenvalue weighted by molar-refractivity contribution is 5.89. The van der Waals surface area contributed by atoms with Crippen LogP contribution < -0.4 is 15.4 Å². The number of ether oxygens (including phenoxy) is 1. The van der Waals surface area contributed by atoms with Gasteiger partial charge >= 0.3 is 0 Å². The normalized spacial score (nSPS) is 10.0. The van der Waals surface area contributed by atoms with Crippen molar-refractivity contribution in [3.63, 3.8) is 0 Å². The van der Waals surface area contributed by atoms with Crippen molar-refractivity contribution >= 4 is 23.1 Å². The molecule has 2 rings (SSSR count). The number of pyridine rings is 1. The van der Waals surface area contributed by atoms with Crippen LogP contribution >= 0.6 is 0 Å². The Labute approximate surface area is 124 Å². The van der Waals surface area contributed by atoms with E-state index in [4.69, 9.17) is 4.74 Å². The maximum absolute atomic E-state index is 11.3. The first kappa shape index (κ1) is 14.8. The van der Waals surface area contributed by atoms with Gasteiger partial charge in [0.1, 0.15) is 11.6 Å². The molecule has 0 unspecified atom stereocenters. The Morgan fingerprint density at radius 1 is 1.10 bits per heavy atom. The van der Waals surface area contributed by atoms with E-state index in [1.54, 1.807) is 19.2 Å². The van der Waals surface area contributed by atoms with Crippen molar-refractivity contribution in [3.8, 4) is 5.75 Å². The molecule has 0 radical (unpaired) electrons. The molecule has 0 spiro atoms. The standard InChI is InChI=1S/C16H19N3O2/c1-3-16(20)19-15-10-7-13(11-17-15)18-12-5-8-14(9-6-12)21-4-2/h5-11,18H,3-4H2,1-2H3,(H,17,19,20). The number of rotatable bonds is 6. The summed E-state index contributed by atoms with van der Waals surface area (Å²) in [5.74, 6) is 1.35. The second-order valence-electron chi connectivity index (χ2n) is 4.42. The number of benzene rings is 1. The fourth-order valence-electron chi connectivity index (χ4n) is 1.74. The van der Waals surface area contributed by atoms with Gasteiger partial charge in [-0.3, -0.25) is 4.79 Å². The van der Waals surface area contributed by atoms with Gasteiger partial charge in [-0.05, 0) is 43.3 Å². The van der Waals surface area contributed by atoms with Gasteiger partial charge in [0.2, 0.25) is 5.91 Å². The zero-order valence-electron chi connectivity index (χ0n) is 12.2. The van der Waals surface area contributed by atoms with Gasteiger partial charge in [0.15, 0.2) is 0 Å². The number of carbonyl (C=O) groups excluding carboxylic acids is 1. The van der Waals surface area contributed by atoms with Crippen molar-refractivity contribution in [3.05, 3.63) is 42.6 Å². The lowest BCUT2D eigenvalue weighted by Gasteiger charge is -2.08. The Morgan fingerprint density at radius 3 is 2.38 bits per heavy atom. The Morgan fingerprint density at radius 2 is 1.81 bits per heavy atom. The molecule has 21 heavy (non-hydrogen) atoms. The minimum Gasteiger partial charge on any atom is -0.494 e. The van der Waals surface area contributed by atoms with Crippen LogP contribution in [0.2, 0.25) is 0 Å². The molecule has 1 heterocycles. The summed E-state index contributed by atoms with van der Waals surface area (Å²) >= 11 is 0. The minimum absolute atomic E-state index is 0.0466. The van der Waals surface area contributed by atoms with Crippen molar-refractivity contribution < 1.29 is 9.53 Å². The molecule has 0 saturated carbocycles. The van der Waals surface area contributed by atoms with Crippen LogP contribution in [0.1, 0.15) is 20.3 Å². The van der Waals surface area contributed by atoms with Crippen molar-refractivity contribution in [1.82, 2.24) is 4.98 Å². The topological polar surface area (TPSA) is 63.2 Å². The molecular formula is C16H19N3O2. The van der Waals surface area contributed by atoms with Crippen molar-refractivity contribution in [2.24, 2.45) is 0 Å². The average Bonchev–Trinajstić information content (AvgIpc) is 2.51. The Bertz CT molecular complexity index is 579. The van der Waals surface area contributed by atoms with E-state index < -0.39 is 0 Å². The molecule has 5 nitrogen and oxygen atoms in total. The molecule has 5 heteroatoms. The van der Waals surface area contributed by atoms with E-state index in [1.807, 2.05) is 37.3 Å². The second-order valence-corrected chi connectivity index (χ2v) is 4.42. The van der Waals surface area contributed by atoms with Gasteiger partial charge < -0.3 is 15.4 Å². The van der Waals surface area contributed by atoms with Crippen LogP contribution in [0.5, 0.6) is 5.75 Å². The van der Waals surface area contributed by atoms with E-state index in [9.17, 15) is 4.79 Å². The summed E-state index contributed by atoms with van der Waals surface area (Å²) in [6.07, 6.45) is 2.12. The van der Waals surface area contributed by atoms with E-state index in [0.29, 0.717) is 18.8 Å². The zero-order chi connectivity index (χ0) is 15.1. The molecule has 0 bridgehead atoms. The summed E-state index contributed by atoms with van der Waals surface area (Å²) in [6.45, 7) is 4.41. The SMILES string of the molecule is CCOc1ccc(Nc2ccc(NC(=O)CC)nc2)cc1. The number of hydrogen-bond donors (Lipinski definition) is 2. The molecular weight excluding hydrogens is 266 g/mol. The maximum Gasteiger partial charge on any atom is 0.225 e. The maximum atomic E-state index is 11.3. The largest absolute Gasteiger partial charge is 0.494 e. The molecule has 0 aliphatic heterocycles. The molecule has 0 saturated heterocycles. The minimum atomic E-state index is -0.0466. The molecule has 2 N–H and O–H groups in total. The zero-order valence-corrected chi connectivity index (χ0v) is 12.2. The van der Waals surface area contributed by atoms with Crippen LogP contribution in [0.4, 0.5) is 17.2 Å². The summed E-state index contributed by atoms with van der Waals surface area (Å²) < 4.78 is 5.39. The average molecular weight is 285 g/mol. The molecule has 0 aliphatic carbocycles. The summed E-state index contributed by atoms with van der Waals surface area (Å²) in [5, 5.41) is 5.95. The van der Waals surface area contributed by atoms with Crippen LogP contribution in [0.25, 0.3) is 0 Å². The molecule has 0 fully saturated rings. The highest BCUT2D eigenvalue weighted by Gasteiger charge is 2.01. The molecule has 1 aromatic carbocycles. The highest BCUT2D eigenvalue weighted by Crippen LogP contribution is 2.20. The van der Waals surface area contributed by atoms with Crippen LogP contribution in [0.15, 0.2) is 42.6 Å². The molecule has 0 atom stereocenters. The second kappa shape index (κ2) is 7.28. The van der Waals surface area contributed by atoms with Gasteiger partial charge in [-0.15, -0.1) is 0 Å². The fourth-order valence-corrected chi connectivity index (χ4v) is 1.74. The lowest BCUT2D eigenvalue weighted by atomic mass is 10.3. The third-order valence-corrected chi connectivity index (χ3v) is 2.81. The van der Waals surface area contributed by atoms with E-state index in [1.165, 1.54) is 0 Å². The van der Waals surface area contributed by atoms with Crippen molar-refractivity contribution in [1.29, 1.82) is 0 Å². The van der Waals surface area contributed by atoms with Crippen LogP contribution in [0.3, 0.4) is 0 Å². The predicted octanol–water partition coefficient (Wildman–Crippen LogP) is 3.57. The van der Waals surface area contributed by atoms with Crippen molar-refractivity contribution in [2.75, 3.05) is 17.2 Å². The predicted molar refractivity (Wildman–Crippen MR) is 84.1 cm³/mol. The van der Waals surface area contributed by atoms with E-state index in [-0.39, 0.29) is 5.91 Å². The number of hydrogen-bond acceptors (Lipinski definition) is 4. The van der Waals surface area contributed by atoms with E-state index in [2.05, 4.69) is 15.6 Å². The smallest absolute Gasteiger partial charge is 0.225 e. The molecule has 0 aliphatic rings. The van der Waals surface area contributed by atoms with Gasteiger partial charge in [0.25, 0.3) is 0 Å². The number of carbonyl (C=O) groups is 1. The molecule has 110 valence electrons. The van der Waals surface area contributed by atoms with Gasteiger partial charge in [0.05, 0.1) is 18.5 Å². The quantitative estimate of drug-likeness (QED) is 0.851. The van der Waals surface area contributed by atoms with Gasteiger partial charge in [-0.2, -0.15) is 0 Å². The molecule has 2 aromatic rings. The first-order valence-electron chi connectivity index (χ1n) is 6.97. The fraction of sp³-hybridized carbons (Fsp3) is 0.250. The summed E-state index contributed by atoms with van der Waals surface area (Å²) in [5.41, 5.74) is 1.80. The molecule has 1 aromatic heterocycles. The summed E-state index contributed by atoms with van der Waals surface area (Å²) in [7, 11) is 0. The third kappa shape index (κ3) is 4.49. The highest BCUT2D eigenvalue weighted by atomic mass is 16.5. The number of aromatic nitrogens is 1.